The number of amides is 1. The standard InChI is InChI=1S/C11H14N2O5/c12-10(17)6-2-1-3-13(4-6)11-9(16)8(15)7(5-14)18-11/h1-4,7-9,11,14-16H,5H2,(H-,12,17)/p+1/t7-,8+,9+,11-/m1/s1. The van der Waals surface area contributed by atoms with Crippen molar-refractivity contribution in [3.05, 3.63) is 30.1 Å². The molecule has 1 fully saturated rings. The first kappa shape index (κ1) is 12.9. The highest BCUT2D eigenvalue weighted by Gasteiger charge is 2.47. The number of hydrogen-bond acceptors (Lipinski definition) is 5. The molecule has 0 aromatic carbocycles. The van der Waals surface area contributed by atoms with E-state index in [1.54, 1.807) is 12.3 Å². The summed E-state index contributed by atoms with van der Waals surface area (Å²) >= 11 is 0. The Hall–Kier alpha value is -1.54. The molecule has 2 heterocycles. The van der Waals surface area contributed by atoms with Crippen molar-refractivity contribution < 1.29 is 29.4 Å². The molecule has 0 spiro atoms. The van der Waals surface area contributed by atoms with E-state index in [4.69, 9.17) is 15.6 Å². The predicted molar refractivity (Wildman–Crippen MR) is 58.2 cm³/mol. The molecule has 1 aliphatic heterocycles. The molecule has 0 saturated carbocycles. The number of nitrogens with two attached hydrogens (primary N) is 1. The summed E-state index contributed by atoms with van der Waals surface area (Å²) in [6, 6.07) is 3.11. The van der Waals surface area contributed by atoms with Crippen LogP contribution in [0.4, 0.5) is 0 Å². The lowest BCUT2D eigenvalue weighted by Gasteiger charge is -2.09. The van der Waals surface area contributed by atoms with Crippen LogP contribution in [0.5, 0.6) is 0 Å². The number of rotatable bonds is 3. The minimum Gasteiger partial charge on any atom is -0.394 e. The van der Waals surface area contributed by atoms with E-state index in [9.17, 15) is 15.0 Å². The van der Waals surface area contributed by atoms with Crippen LogP contribution >= 0.6 is 0 Å². The van der Waals surface area contributed by atoms with Crippen LogP contribution in [-0.2, 0) is 4.74 Å². The number of ether oxygens (including phenoxy) is 1. The van der Waals surface area contributed by atoms with E-state index < -0.39 is 37.1 Å². The molecule has 1 saturated heterocycles. The molecule has 18 heavy (non-hydrogen) atoms. The molecule has 0 bridgehead atoms. The number of aromatic nitrogens is 1. The van der Waals surface area contributed by atoms with Crippen LogP contribution in [0.2, 0.25) is 0 Å². The van der Waals surface area contributed by atoms with E-state index >= 15 is 0 Å². The van der Waals surface area contributed by atoms with Gasteiger partial charge in [0.25, 0.3) is 12.1 Å². The fourth-order valence-electron chi connectivity index (χ4n) is 1.92. The van der Waals surface area contributed by atoms with Crippen LogP contribution in [0, 0.1) is 0 Å². The van der Waals surface area contributed by atoms with Crippen molar-refractivity contribution in [1.82, 2.24) is 0 Å². The zero-order chi connectivity index (χ0) is 13.3. The van der Waals surface area contributed by atoms with E-state index in [0.717, 1.165) is 0 Å². The molecule has 0 aliphatic carbocycles. The molecule has 4 atom stereocenters. The lowest BCUT2D eigenvalue weighted by molar-refractivity contribution is -0.765. The summed E-state index contributed by atoms with van der Waals surface area (Å²) in [5.74, 6) is -0.601. The third-order valence-corrected chi connectivity index (χ3v) is 2.92. The van der Waals surface area contributed by atoms with Gasteiger partial charge in [0.15, 0.2) is 18.5 Å². The molecule has 1 amide bonds. The normalized spacial score (nSPS) is 31.5. The summed E-state index contributed by atoms with van der Waals surface area (Å²) in [5.41, 5.74) is 5.41. The van der Waals surface area contributed by atoms with Crippen LogP contribution in [0.25, 0.3) is 0 Å². The van der Waals surface area contributed by atoms with Gasteiger partial charge in [0.05, 0.1) is 6.61 Å². The molecule has 0 unspecified atom stereocenters. The van der Waals surface area contributed by atoms with Gasteiger partial charge in [-0.05, 0) is 6.07 Å². The van der Waals surface area contributed by atoms with Crippen LogP contribution < -0.4 is 10.3 Å². The zero-order valence-electron chi connectivity index (χ0n) is 9.51. The summed E-state index contributed by atoms with van der Waals surface area (Å²) in [6.07, 6.45) is -1.08. The number of pyridine rings is 1. The molecule has 1 aromatic rings. The van der Waals surface area contributed by atoms with Crippen LogP contribution in [0.1, 0.15) is 16.6 Å². The van der Waals surface area contributed by atoms with Gasteiger partial charge in [-0.15, -0.1) is 0 Å². The van der Waals surface area contributed by atoms with E-state index in [2.05, 4.69) is 0 Å². The number of nitrogens with zero attached hydrogens (tertiary/aromatic N) is 1. The molecule has 2 rings (SSSR count). The molecule has 1 aromatic heterocycles. The predicted octanol–water partition coefficient (Wildman–Crippen LogP) is -2.32. The SMILES string of the molecule is NC(=O)c1ccc[n+]([C@@H]2O[C@H](CO)[C@H](O)[C@@H]2O)c1. The Bertz CT molecular complexity index is 453. The van der Waals surface area contributed by atoms with Gasteiger partial charge >= 0.3 is 0 Å². The third-order valence-electron chi connectivity index (χ3n) is 2.92. The Morgan fingerprint density at radius 3 is 2.72 bits per heavy atom. The van der Waals surface area contributed by atoms with Gasteiger partial charge in [-0.1, -0.05) is 0 Å². The average molecular weight is 255 g/mol. The largest absolute Gasteiger partial charge is 0.394 e. The minimum atomic E-state index is -1.18. The first-order chi connectivity index (χ1) is 8.54. The summed E-state index contributed by atoms with van der Waals surface area (Å²) in [6.45, 7) is -0.398. The van der Waals surface area contributed by atoms with Gasteiger partial charge < -0.3 is 25.8 Å². The molecular weight excluding hydrogens is 240 g/mol. The quantitative estimate of drug-likeness (QED) is 0.453. The van der Waals surface area contributed by atoms with Gasteiger partial charge in [0.2, 0.25) is 0 Å². The monoisotopic (exact) mass is 255 g/mol. The van der Waals surface area contributed by atoms with Crippen molar-refractivity contribution in [3.63, 3.8) is 0 Å². The lowest BCUT2D eigenvalue weighted by Crippen LogP contribution is -2.46. The van der Waals surface area contributed by atoms with Crippen molar-refractivity contribution in [2.75, 3.05) is 6.61 Å². The Labute approximate surface area is 103 Å². The number of aliphatic hydroxyl groups is 3. The number of aliphatic hydroxyl groups excluding tert-OH is 3. The van der Waals surface area contributed by atoms with Gasteiger partial charge in [-0.25, -0.2) is 0 Å². The maximum Gasteiger partial charge on any atom is 0.292 e. The Kier molecular flexibility index (Phi) is 3.58. The Morgan fingerprint density at radius 2 is 2.17 bits per heavy atom. The van der Waals surface area contributed by atoms with Crippen LogP contribution in [0.15, 0.2) is 24.5 Å². The lowest BCUT2D eigenvalue weighted by atomic mass is 10.1. The third kappa shape index (κ3) is 2.21. The van der Waals surface area contributed by atoms with Crippen LogP contribution in [-0.4, -0.2) is 46.1 Å². The second-order valence-electron chi connectivity index (χ2n) is 4.13. The second-order valence-corrected chi connectivity index (χ2v) is 4.13. The molecule has 5 N–H and O–H groups in total. The zero-order valence-corrected chi connectivity index (χ0v) is 9.51. The number of carbonyl (C=O) groups excluding carboxylic acids is 1. The van der Waals surface area contributed by atoms with Crippen molar-refractivity contribution in [2.45, 2.75) is 24.5 Å². The van der Waals surface area contributed by atoms with Gasteiger partial charge in [-0.3, -0.25) is 4.79 Å². The second kappa shape index (κ2) is 4.99. The summed E-state index contributed by atoms with van der Waals surface area (Å²) < 4.78 is 6.75. The van der Waals surface area contributed by atoms with Crippen molar-refractivity contribution in [1.29, 1.82) is 0 Å². The number of carbonyl (C=O) groups is 1. The molecule has 7 heteroatoms. The van der Waals surface area contributed by atoms with E-state index in [1.165, 1.54) is 16.8 Å². The molecule has 1 aliphatic rings. The Balaban J connectivity index is 2.27. The fraction of sp³-hybridized carbons (Fsp3) is 0.455. The minimum absolute atomic E-state index is 0.259. The fourth-order valence-corrected chi connectivity index (χ4v) is 1.92. The van der Waals surface area contributed by atoms with Gasteiger partial charge in [-0.2, -0.15) is 4.57 Å². The maximum atomic E-state index is 11.1. The molecular formula is C11H15N2O5+. The maximum absolute atomic E-state index is 11.1. The van der Waals surface area contributed by atoms with Crippen molar-refractivity contribution in [2.24, 2.45) is 5.73 Å². The van der Waals surface area contributed by atoms with E-state index in [0.29, 0.717) is 0 Å². The van der Waals surface area contributed by atoms with Crippen molar-refractivity contribution >= 4 is 5.91 Å². The van der Waals surface area contributed by atoms with Gasteiger partial charge in [0, 0.05) is 6.07 Å². The Morgan fingerprint density at radius 1 is 1.44 bits per heavy atom. The first-order valence-electron chi connectivity index (χ1n) is 5.47. The molecule has 98 valence electrons. The highest BCUT2D eigenvalue weighted by Crippen LogP contribution is 2.24. The topological polar surface area (TPSA) is 117 Å². The van der Waals surface area contributed by atoms with E-state index in [-0.39, 0.29) is 5.56 Å². The number of hydrogen-bond donors (Lipinski definition) is 4. The number of primary amides is 1. The van der Waals surface area contributed by atoms with Gasteiger partial charge in [0.1, 0.15) is 17.8 Å². The molecule has 0 radical (unpaired) electrons. The van der Waals surface area contributed by atoms with E-state index in [1.807, 2.05) is 0 Å². The summed E-state index contributed by atoms with van der Waals surface area (Å²) in [7, 11) is 0. The average Bonchev–Trinajstić information content (AvgIpc) is 2.66. The smallest absolute Gasteiger partial charge is 0.292 e. The molecule has 7 nitrogen and oxygen atoms in total. The van der Waals surface area contributed by atoms with Crippen molar-refractivity contribution in [3.8, 4) is 0 Å². The van der Waals surface area contributed by atoms with Crippen LogP contribution in [0.3, 0.4) is 0 Å². The summed E-state index contributed by atoms with van der Waals surface area (Å²) in [4.78, 5) is 11.1. The highest BCUT2D eigenvalue weighted by molar-refractivity contribution is 5.92. The highest BCUT2D eigenvalue weighted by atomic mass is 16.6. The summed E-state index contributed by atoms with van der Waals surface area (Å²) in [5, 5.41) is 28.4. The first-order valence-corrected chi connectivity index (χ1v) is 5.47.